The molecule has 0 saturated carbocycles. The lowest BCUT2D eigenvalue weighted by Crippen LogP contribution is -2.28. The molecule has 1 unspecified atom stereocenters. The van der Waals surface area contributed by atoms with Gasteiger partial charge in [0.25, 0.3) is 0 Å². The summed E-state index contributed by atoms with van der Waals surface area (Å²) in [7, 11) is 1.20. The minimum Gasteiger partial charge on any atom is -0.464 e. The number of rotatable bonds is 4. The zero-order valence-electron chi connectivity index (χ0n) is 13.1. The van der Waals surface area contributed by atoms with E-state index in [9.17, 15) is 18.8 Å². The van der Waals surface area contributed by atoms with Gasteiger partial charge in [-0.3, -0.25) is 9.59 Å². The van der Waals surface area contributed by atoms with Crippen molar-refractivity contribution in [2.75, 3.05) is 23.9 Å². The highest BCUT2D eigenvalue weighted by Crippen LogP contribution is 2.27. The highest BCUT2D eigenvalue weighted by atomic mass is 32.1. The fourth-order valence-electron chi connectivity index (χ4n) is 2.47. The van der Waals surface area contributed by atoms with E-state index in [2.05, 4.69) is 19.6 Å². The standard InChI is InChI=1S/C15H13FN4O4S/c1-24-15(23)12-14(25-19-18-12)17-13(22)8-6-11(21)20(7-8)10-4-2-9(16)3-5-10/h2-5,8H,6-7H2,1H3,(H,17,22). The summed E-state index contributed by atoms with van der Waals surface area (Å²) in [6, 6.07) is 5.47. The van der Waals surface area contributed by atoms with Crippen LogP contribution in [0, 0.1) is 11.7 Å². The molecule has 0 spiro atoms. The van der Waals surface area contributed by atoms with Crippen molar-refractivity contribution in [2.24, 2.45) is 5.92 Å². The molecule has 2 aromatic rings. The molecule has 1 atom stereocenters. The maximum atomic E-state index is 13.0. The third kappa shape index (κ3) is 3.48. The first kappa shape index (κ1) is 17.0. The fourth-order valence-corrected chi connectivity index (χ4v) is 3.03. The molecule has 2 amide bonds. The van der Waals surface area contributed by atoms with E-state index in [-0.39, 0.29) is 29.6 Å². The van der Waals surface area contributed by atoms with Gasteiger partial charge in [-0.1, -0.05) is 4.49 Å². The van der Waals surface area contributed by atoms with E-state index in [0.717, 1.165) is 11.5 Å². The molecule has 3 rings (SSSR count). The maximum Gasteiger partial charge on any atom is 0.361 e. The highest BCUT2D eigenvalue weighted by molar-refractivity contribution is 7.10. The first-order valence-electron chi connectivity index (χ1n) is 7.27. The Bertz CT molecular complexity index is 823. The molecule has 1 aliphatic rings. The summed E-state index contributed by atoms with van der Waals surface area (Å²) < 4.78 is 21.2. The van der Waals surface area contributed by atoms with Gasteiger partial charge in [-0.15, -0.1) is 5.10 Å². The Morgan fingerprint density at radius 1 is 1.36 bits per heavy atom. The molecule has 25 heavy (non-hydrogen) atoms. The molecule has 1 N–H and O–H groups in total. The number of aromatic nitrogens is 2. The first-order valence-corrected chi connectivity index (χ1v) is 8.04. The molecule has 130 valence electrons. The van der Waals surface area contributed by atoms with E-state index in [4.69, 9.17) is 0 Å². The molecule has 0 radical (unpaired) electrons. The van der Waals surface area contributed by atoms with Gasteiger partial charge in [0.15, 0.2) is 5.00 Å². The first-order chi connectivity index (χ1) is 12.0. The highest BCUT2D eigenvalue weighted by Gasteiger charge is 2.36. The monoisotopic (exact) mass is 364 g/mol. The van der Waals surface area contributed by atoms with Crippen LogP contribution in [0.3, 0.4) is 0 Å². The molecule has 1 aromatic carbocycles. The molecule has 1 aromatic heterocycles. The van der Waals surface area contributed by atoms with Crippen LogP contribution in [-0.2, 0) is 14.3 Å². The van der Waals surface area contributed by atoms with Crippen LogP contribution in [0.15, 0.2) is 24.3 Å². The molecule has 1 aliphatic heterocycles. The quantitative estimate of drug-likeness (QED) is 0.824. The summed E-state index contributed by atoms with van der Waals surface area (Å²) in [4.78, 5) is 37.5. The number of amides is 2. The second kappa shape index (κ2) is 6.93. The number of halogens is 1. The van der Waals surface area contributed by atoms with E-state index >= 15 is 0 Å². The SMILES string of the molecule is COC(=O)c1nnsc1NC(=O)C1CC(=O)N(c2ccc(F)cc2)C1. The van der Waals surface area contributed by atoms with Gasteiger partial charge in [-0.25, -0.2) is 9.18 Å². The number of methoxy groups -OCH3 is 1. The third-order valence-corrected chi connectivity index (χ3v) is 4.38. The molecule has 10 heteroatoms. The normalized spacial score (nSPS) is 16.8. The van der Waals surface area contributed by atoms with Gasteiger partial charge in [0.2, 0.25) is 17.5 Å². The third-order valence-electron chi connectivity index (χ3n) is 3.74. The summed E-state index contributed by atoms with van der Waals surface area (Å²) >= 11 is 0.846. The molecular formula is C15H13FN4O4S. The van der Waals surface area contributed by atoms with Crippen molar-refractivity contribution in [3.8, 4) is 0 Å². The van der Waals surface area contributed by atoms with Crippen LogP contribution >= 0.6 is 11.5 Å². The van der Waals surface area contributed by atoms with Crippen LogP contribution in [0.1, 0.15) is 16.9 Å². The molecule has 1 fully saturated rings. The van der Waals surface area contributed by atoms with Crippen LogP contribution in [0.2, 0.25) is 0 Å². The van der Waals surface area contributed by atoms with Gasteiger partial charge in [-0.05, 0) is 24.3 Å². The van der Waals surface area contributed by atoms with Gasteiger partial charge in [0.05, 0.1) is 13.0 Å². The van der Waals surface area contributed by atoms with Crippen LogP contribution in [-0.4, -0.2) is 41.0 Å². The minimum atomic E-state index is -0.709. The number of anilines is 2. The van der Waals surface area contributed by atoms with Crippen molar-refractivity contribution in [3.63, 3.8) is 0 Å². The topological polar surface area (TPSA) is 101 Å². The average molecular weight is 364 g/mol. The summed E-state index contributed by atoms with van der Waals surface area (Å²) in [5.41, 5.74) is 0.442. The van der Waals surface area contributed by atoms with Crippen LogP contribution in [0.4, 0.5) is 15.1 Å². The number of nitrogens with one attached hydrogen (secondary N) is 1. The van der Waals surface area contributed by atoms with Crippen molar-refractivity contribution in [1.29, 1.82) is 0 Å². The van der Waals surface area contributed by atoms with Gasteiger partial charge < -0.3 is 15.0 Å². The largest absolute Gasteiger partial charge is 0.464 e. The van der Waals surface area contributed by atoms with Crippen LogP contribution in [0.5, 0.6) is 0 Å². The predicted molar refractivity (Wildman–Crippen MR) is 86.7 cm³/mol. The Balaban J connectivity index is 1.70. The molecule has 1 saturated heterocycles. The van der Waals surface area contributed by atoms with Crippen molar-refractivity contribution in [2.45, 2.75) is 6.42 Å². The number of carbonyl (C=O) groups excluding carboxylic acids is 3. The van der Waals surface area contributed by atoms with Crippen molar-refractivity contribution >= 4 is 40.0 Å². The Labute approximate surface area is 145 Å². The number of hydrogen-bond donors (Lipinski definition) is 1. The minimum absolute atomic E-state index is 0.0169. The lowest BCUT2D eigenvalue weighted by Gasteiger charge is -2.16. The fraction of sp³-hybridized carbons (Fsp3) is 0.267. The predicted octanol–water partition coefficient (Wildman–Crippen LogP) is 1.46. The van der Waals surface area contributed by atoms with E-state index in [1.165, 1.54) is 36.3 Å². The molecule has 2 heterocycles. The Kier molecular flexibility index (Phi) is 4.70. The lowest BCUT2D eigenvalue weighted by molar-refractivity contribution is -0.122. The summed E-state index contributed by atoms with van der Waals surface area (Å²) in [6.07, 6.45) is 0.0169. The van der Waals surface area contributed by atoms with Crippen molar-refractivity contribution < 1.29 is 23.5 Å². The van der Waals surface area contributed by atoms with Crippen LogP contribution in [0.25, 0.3) is 0 Å². The maximum absolute atomic E-state index is 13.0. The van der Waals surface area contributed by atoms with Gasteiger partial charge in [-0.2, -0.15) is 0 Å². The van der Waals surface area contributed by atoms with Gasteiger partial charge >= 0.3 is 5.97 Å². The Hall–Kier alpha value is -2.88. The number of nitrogens with zero attached hydrogens (tertiary/aromatic N) is 3. The number of benzene rings is 1. The van der Waals surface area contributed by atoms with Crippen molar-refractivity contribution in [3.05, 3.63) is 35.8 Å². The van der Waals surface area contributed by atoms with Gasteiger partial charge in [0, 0.05) is 30.2 Å². The lowest BCUT2D eigenvalue weighted by atomic mass is 10.1. The molecule has 8 nitrogen and oxygen atoms in total. The molecular weight excluding hydrogens is 351 g/mol. The Morgan fingerprint density at radius 3 is 2.76 bits per heavy atom. The molecule has 0 aliphatic carbocycles. The second-order valence-corrected chi connectivity index (χ2v) is 6.07. The number of esters is 1. The van der Waals surface area contributed by atoms with Crippen LogP contribution < -0.4 is 10.2 Å². The number of ether oxygens (including phenoxy) is 1. The van der Waals surface area contributed by atoms with E-state index in [1.54, 1.807) is 0 Å². The Morgan fingerprint density at radius 2 is 2.08 bits per heavy atom. The van der Waals surface area contributed by atoms with Gasteiger partial charge in [0.1, 0.15) is 5.82 Å². The van der Waals surface area contributed by atoms with E-state index in [1.807, 2.05) is 0 Å². The van der Waals surface area contributed by atoms with E-state index < -0.39 is 23.6 Å². The zero-order chi connectivity index (χ0) is 18.0. The number of hydrogen-bond acceptors (Lipinski definition) is 7. The number of carbonyl (C=O) groups is 3. The smallest absolute Gasteiger partial charge is 0.361 e. The van der Waals surface area contributed by atoms with E-state index in [0.29, 0.717) is 5.69 Å². The molecule has 0 bridgehead atoms. The average Bonchev–Trinajstić information content (AvgIpc) is 3.21. The summed E-state index contributed by atoms with van der Waals surface area (Å²) in [5.74, 6) is -2.38. The summed E-state index contributed by atoms with van der Waals surface area (Å²) in [5, 5.41) is 6.35. The zero-order valence-corrected chi connectivity index (χ0v) is 13.9. The van der Waals surface area contributed by atoms with Crippen molar-refractivity contribution in [1.82, 2.24) is 9.59 Å². The summed E-state index contributed by atoms with van der Waals surface area (Å²) in [6.45, 7) is 0.163. The second-order valence-electron chi connectivity index (χ2n) is 5.31.